The van der Waals surface area contributed by atoms with Crippen molar-refractivity contribution in [3.63, 3.8) is 0 Å². The molecule has 10 heteroatoms. The first kappa shape index (κ1) is 17.3. The average molecular weight is 376 g/mol. The summed E-state index contributed by atoms with van der Waals surface area (Å²) in [6, 6.07) is 7.76. The molecule has 0 amide bonds. The molecule has 2 aromatic rings. The zero-order chi connectivity index (χ0) is 18.0. The van der Waals surface area contributed by atoms with Crippen LogP contribution in [0, 0.1) is 11.3 Å². The number of benzene rings is 1. The zero-order valence-corrected chi connectivity index (χ0v) is 15.4. The van der Waals surface area contributed by atoms with Crippen LogP contribution in [-0.4, -0.2) is 35.4 Å². The summed E-state index contributed by atoms with van der Waals surface area (Å²) < 4.78 is 12.1. The fraction of sp³-hybridized carbons (Fsp3) is 0.267. The lowest BCUT2D eigenvalue weighted by Crippen LogP contribution is -2.11. The fourth-order valence-corrected chi connectivity index (χ4v) is 3.79. The highest BCUT2D eigenvalue weighted by Crippen LogP contribution is 2.38. The molecule has 3 N–H and O–H groups in total. The Hall–Kier alpha value is -2.51. The smallest absolute Gasteiger partial charge is 0.211 e. The molecule has 0 spiro atoms. The molecular formula is C15H16N6O2S2. The molecule has 1 aromatic carbocycles. The third kappa shape index (κ3) is 3.08. The van der Waals surface area contributed by atoms with E-state index in [1.807, 2.05) is 24.5 Å². The number of hydrogen-bond donors (Lipinski definition) is 2. The van der Waals surface area contributed by atoms with Crippen molar-refractivity contribution in [1.82, 2.24) is 15.2 Å². The largest absolute Gasteiger partial charge is 0.493 e. The van der Waals surface area contributed by atoms with E-state index in [-0.39, 0.29) is 11.2 Å². The van der Waals surface area contributed by atoms with Crippen LogP contribution < -0.4 is 20.6 Å². The van der Waals surface area contributed by atoms with Crippen molar-refractivity contribution in [2.24, 2.45) is 5.10 Å². The van der Waals surface area contributed by atoms with Gasteiger partial charge in [-0.05, 0) is 24.0 Å². The van der Waals surface area contributed by atoms with E-state index in [2.05, 4.69) is 21.7 Å². The first-order chi connectivity index (χ1) is 12.1. The molecule has 0 bridgehead atoms. The standard InChI is InChI=1S/C15H16N6O2S2/c1-22-10-5-4-8(6-11(10)23-2)13-18-19-15(25-13)21-12(17)9(7-16)14(20-21)24-3/h4-6,13,18H,17H2,1-3H3. The second kappa shape index (κ2) is 7.16. The van der Waals surface area contributed by atoms with Gasteiger partial charge in [-0.1, -0.05) is 17.8 Å². The third-order valence-electron chi connectivity index (χ3n) is 3.59. The van der Waals surface area contributed by atoms with Crippen molar-refractivity contribution < 1.29 is 9.47 Å². The van der Waals surface area contributed by atoms with E-state index < -0.39 is 0 Å². The maximum atomic E-state index is 9.24. The van der Waals surface area contributed by atoms with Gasteiger partial charge in [0.05, 0.1) is 14.2 Å². The number of ether oxygens (including phenoxy) is 2. The molecule has 1 aromatic heterocycles. The number of nitrogens with zero attached hydrogens (tertiary/aromatic N) is 4. The van der Waals surface area contributed by atoms with Crippen LogP contribution in [0.5, 0.6) is 11.5 Å². The van der Waals surface area contributed by atoms with Gasteiger partial charge in [-0.15, -0.1) is 11.8 Å². The lowest BCUT2D eigenvalue weighted by atomic mass is 10.2. The lowest BCUT2D eigenvalue weighted by molar-refractivity contribution is 0.354. The number of hydrogen-bond acceptors (Lipinski definition) is 9. The van der Waals surface area contributed by atoms with Crippen LogP contribution in [0.3, 0.4) is 0 Å². The van der Waals surface area contributed by atoms with E-state index in [1.54, 1.807) is 14.2 Å². The van der Waals surface area contributed by atoms with Crippen LogP contribution in [-0.2, 0) is 0 Å². The Morgan fingerprint density at radius 2 is 2.12 bits per heavy atom. The first-order valence-corrected chi connectivity index (χ1v) is 9.28. The summed E-state index contributed by atoms with van der Waals surface area (Å²) in [7, 11) is 3.19. The van der Waals surface area contributed by atoms with E-state index in [9.17, 15) is 5.26 Å². The normalized spacial score (nSPS) is 16.1. The summed E-state index contributed by atoms with van der Waals surface area (Å²) >= 11 is 2.82. The highest BCUT2D eigenvalue weighted by atomic mass is 32.2. The van der Waals surface area contributed by atoms with Crippen LogP contribution in [0.2, 0.25) is 0 Å². The number of nitrogen functional groups attached to an aromatic ring is 1. The number of rotatable bonds is 4. The van der Waals surface area contributed by atoms with Crippen molar-refractivity contribution in [3.05, 3.63) is 29.3 Å². The number of nitrogens with two attached hydrogens (primary N) is 1. The molecule has 1 aliphatic heterocycles. The number of nitrogens with one attached hydrogen (secondary N) is 1. The Labute approximate surface area is 153 Å². The van der Waals surface area contributed by atoms with Crippen LogP contribution in [0.15, 0.2) is 28.3 Å². The molecule has 25 heavy (non-hydrogen) atoms. The van der Waals surface area contributed by atoms with Gasteiger partial charge in [-0.25, -0.2) is 0 Å². The molecule has 8 nitrogen and oxygen atoms in total. The van der Waals surface area contributed by atoms with Crippen molar-refractivity contribution in [3.8, 4) is 17.6 Å². The van der Waals surface area contributed by atoms with Crippen LogP contribution in [0.1, 0.15) is 16.5 Å². The van der Waals surface area contributed by atoms with Gasteiger partial charge in [0.2, 0.25) is 5.17 Å². The minimum atomic E-state index is -0.123. The summed E-state index contributed by atoms with van der Waals surface area (Å²) in [6.45, 7) is 0. The van der Waals surface area contributed by atoms with E-state index >= 15 is 0 Å². The van der Waals surface area contributed by atoms with Crippen LogP contribution >= 0.6 is 23.5 Å². The van der Waals surface area contributed by atoms with Gasteiger partial charge < -0.3 is 15.2 Å². The Kier molecular flexibility index (Phi) is 4.96. The number of anilines is 1. The molecular weight excluding hydrogens is 360 g/mol. The van der Waals surface area contributed by atoms with Crippen LogP contribution in [0.25, 0.3) is 0 Å². The second-order valence-electron chi connectivity index (χ2n) is 4.93. The summed E-state index contributed by atoms with van der Waals surface area (Å²) in [5.41, 5.74) is 10.4. The minimum absolute atomic E-state index is 0.123. The quantitative estimate of drug-likeness (QED) is 0.782. The maximum absolute atomic E-state index is 9.24. The third-order valence-corrected chi connectivity index (χ3v) is 5.35. The Balaban J connectivity index is 1.85. The molecule has 0 saturated heterocycles. The molecule has 0 fully saturated rings. The molecule has 3 rings (SSSR count). The summed E-state index contributed by atoms with van der Waals surface area (Å²) in [4.78, 5) is 0. The summed E-state index contributed by atoms with van der Waals surface area (Å²) in [5.74, 6) is 1.59. The minimum Gasteiger partial charge on any atom is -0.493 e. The SMILES string of the molecule is COc1ccc(C2NN=C(n3nc(SC)c(C#N)c3N)S2)cc1OC. The molecule has 130 valence electrons. The molecule has 0 radical (unpaired) electrons. The van der Waals surface area contributed by atoms with Gasteiger partial charge >= 0.3 is 0 Å². The predicted octanol–water partition coefficient (Wildman–Crippen LogP) is 2.23. The van der Waals surface area contributed by atoms with Crippen LogP contribution in [0.4, 0.5) is 5.82 Å². The van der Waals surface area contributed by atoms with Gasteiger partial charge in [0.1, 0.15) is 27.9 Å². The van der Waals surface area contributed by atoms with Gasteiger partial charge in [-0.2, -0.15) is 20.1 Å². The molecule has 1 unspecified atom stereocenters. The molecule has 0 aliphatic carbocycles. The van der Waals surface area contributed by atoms with Gasteiger partial charge in [0.25, 0.3) is 0 Å². The summed E-state index contributed by atoms with van der Waals surface area (Å²) in [6.07, 6.45) is 1.85. The van der Waals surface area contributed by atoms with E-state index in [1.165, 1.54) is 28.2 Å². The zero-order valence-electron chi connectivity index (χ0n) is 13.8. The molecule has 2 heterocycles. The monoisotopic (exact) mass is 376 g/mol. The Morgan fingerprint density at radius 3 is 2.72 bits per heavy atom. The molecule has 0 saturated carbocycles. The lowest BCUT2D eigenvalue weighted by Gasteiger charge is -2.13. The molecule has 1 aliphatic rings. The van der Waals surface area contributed by atoms with Crippen molar-refractivity contribution in [2.75, 3.05) is 26.2 Å². The van der Waals surface area contributed by atoms with Crippen molar-refractivity contribution in [1.29, 1.82) is 5.26 Å². The van der Waals surface area contributed by atoms with Gasteiger partial charge in [0.15, 0.2) is 11.5 Å². The van der Waals surface area contributed by atoms with Crippen molar-refractivity contribution >= 4 is 34.5 Å². The first-order valence-electron chi connectivity index (χ1n) is 7.17. The number of methoxy groups -OCH3 is 2. The van der Waals surface area contributed by atoms with Crippen molar-refractivity contribution in [2.45, 2.75) is 10.4 Å². The maximum Gasteiger partial charge on any atom is 0.211 e. The number of nitriles is 1. The van der Waals surface area contributed by atoms with E-state index in [0.29, 0.717) is 27.3 Å². The predicted molar refractivity (Wildman–Crippen MR) is 99.0 cm³/mol. The fourth-order valence-electron chi connectivity index (χ4n) is 2.33. The van der Waals surface area contributed by atoms with Gasteiger partial charge in [0, 0.05) is 0 Å². The second-order valence-corrected chi connectivity index (χ2v) is 6.80. The summed E-state index contributed by atoms with van der Waals surface area (Å²) in [5, 5.41) is 18.9. The number of aromatic nitrogens is 2. The molecule has 1 atom stereocenters. The number of thioether (sulfide) groups is 2. The Bertz CT molecular complexity index is 874. The van der Waals surface area contributed by atoms with E-state index in [0.717, 1.165) is 5.56 Å². The Morgan fingerprint density at radius 1 is 1.36 bits per heavy atom. The topological polar surface area (TPSA) is 110 Å². The highest BCUT2D eigenvalue weighted by molar-refractivity contribution is 8.14. The van der Waals surface area contributed by atoms with E-state index in [4.69, 9.17) is 15.2 Å². The number of hydrazone groups is 1. The average Bonchev–Trinajstić information content (AvgIpc) is 3.25. The highest BCUT2D eigenvalue weighted by Gasteiger charge is 2.27. The van der Waals surface area contributed by atoms with Gasteiger partial charge in [-0.3, -0.25) is 5.43 Å².